The molecule has 0 spiro atoms. The molecule has 0 fully saturated rings. The van der Waals surface area contributed by atoms with Crippen molar-refractivity contribution in [1.29, 1.82) is 0 Å². The molecule has 1 heterocycles. The van der Waals surface area contributed by atoms with Gasteiger partial charge in [-0.2, -0.15) is 15.0 Å². The van der Waals surface area contributed by atoms with Crippen LogP contribution < -0.4 is 10.1 Å². The zero-order valence-electron chi connectivity index (χ0n) is 12.0. The van der Waals surface area contributed by atoms with Crippen molar-refractivity contribution in [3.05, 3.63) is 35.1 Å². The normalized spacial score (nSPS) is 10.4. The van der Waals surface area contributed by atoms with Gasteiger partial charge in [0.15, 0.2) is 0 Å². The molecule has 21 heavy (non-hydrogen) atoms. The minimum atomic E-state index is 0.0859. The Balaban J connectivity index is 2.21. The zero-order valence-corrected chi connectivity index (χ0v) is 12.7. The van der Waals surface area contributed by atoms with E-state index >= 15 is 0 Å². The predicted molar refractivity (Wildman–Crippen MR) is 81.1 cm³/mol. The molecule has 6 nitrogen and oxygen atoms in total. The molecule has 1 aromatic carbocycles. The standard InChI is InChI=1S/C14H17ClN4O2/c1-3-8-21-14-18-12(15)17-13(19-14)16-11-7-5-4-6-10(11)9-20-2/h4-7H,3,8-9H2,1-2H3,(H,16,17,18,19). The SMILES string of the molecule is CCCOc1nc(Cl)nc(Nc2ccccc2COC)n1. The van der Waals surface area contributed by atoms with Crippen molar-refractivity contribution in [2.75, 3.05) is 19.0 Å². The third-order valence-electron chi connectivity index (χ3n) is 2.59. The molecular weight excluding hydrogens is 292 g/mol. The van der Waals surface area contributed by atoms with Gasteiger partial charge in [-0.15, -0.1) is 0 Å². The topological polar surface area (TPSA) is 69.2 Å². The van der Waals surface area contributed by atoms with Crippen molar-refractivity contribution in [2.45, 2.75) is 20.0 Å². The molecule has 0 aliphatic rings. The molecule has 2 aromatic rings. The molecule has 0 aliphatic heterocycles. The Bertz CT molecular complexity index is 595. The minimum absolute atomic E-state index is 0.0859. The quantitative estimate of drug-likeness (QED) is 0.847. The number of anilines is 2. The average Bonchev–Trinajstić information content (AvgIpc) is 2.47. The monoisotopic (exact) mass is 308 g/mol. The van der Waals surface area contributed by atoms with Crippen LogP contribution in [0.5, 0.6) is 6.01 Å². The Morgan fingerprint density at radius 1 is 1.19 bits per heavy atom. The van der Waals surface area contributed by atoms with Gasteiger partial charge in [0, 0.05) is 18.4 Å². The highest BCUT2D eigenvalue weighted by Crippen LogP contribution is 2.21. The second-order valence-electron chi connectivity index (χ2n) is 4.27. The van der Waals surface area contributed by atoms with Gasteiger partial charge in [0.2, 0.25) is 11.2 Å². The smallest absolute Gasteiger partial charge is 0.322 e. The summed E-state index contributed by atoms with van der Waals surface area (Å²) in [7, 11) is 1.65. The minimum Gasteiger partial charge on any atom is -0.463 e. The van der Waals surface area contributed by atoms with Gasteiger partial charge in [-0.1, -0.05) is 25.1 Å². The molecule has 0 bridgehead atoms. The Hall–Kier alpha value is -1.92. The van der Waals surface area contributed by atoms with E-state index in [0.29, 0.717) is 19.2 Å². The van der Waals surface area contributed by atoms with E-state index in [9.17, 15) is 0 Å². The fourth-order valence-corrected chi connectivity index (χ4v) is 1.84. The van der Waals surface area contributed by atoms with E-state index in [0.717, 1.165) is 17.7 Å². The summed E-state index contributed by atoms with van der Waals surface area (Å²) < 4.78 is 10.5. The molecule has 0 amide bonds. The molecule has 1 N–H and O–H groups in total. The number of nitrogens with zero attached hydrogens (tertiary/aromatic N) is 3. The van der Waals surface area contributed by atoms with Crippen molar-refractivity contribution in [3.63, 3.8) is 0 Å². The van der Waals surface area contributed by atoms with E-state index in [4.69, 9.17) is 21.1 Å². The molecule has 1 aromatic heterocycles. The Morgan fingerprint density at radius 2 is 2.00 bits per heavy atom. The fraction of sp³-hybridized carbons (Fsp3) is 0.357. The third kappa shape index (κ3) is 4.54. The fourth-order valence-electron chi connectivity index (χ4n) is 1.69. The number of ether oxygens (including phenoxy) is 2. The van der Waals surface area contributed by atoms with E-state index in [1.807, 2.05) is 31.2 Å². The maximum Gasteiger partial charge on any atom is 0.322 e. The van der Waals surface area contributed by atoms with E-state index in [1.54, 1.807) is 7.11 Å². The van der Waals surface area contributed by atoms with Crippen molar-refractivity contribution >= 4 is 23.2 Å². The second kappa shape index (κ2) is 7.75. The van der Waals surface area contributed by atoms with Crippen LogP contribution in [0.1, 0.15) is 18.9 Å². The van der Waals surface area contributed by atoms with Crippen molar-refractivity contribution in [1.82, 2.24) is 15.0 Å². The Morgan fingerprint density at radius 3 is 2.76 bits per heavy atom. The van der Waals surface area contributed by atoms with Gasteiger partial charge in [-0.05, 0) is 24.1 Å². The van der Waals surface area contributed by atoms with Gasteiger partial charge in [0.1, 0.15) is 0 Å². The molecule has 7 heteroatoms. The number of rotatable bonds is 7. The maximum absolute atomic E-state index is 5.89. The van der Waals surface area contributed by atoms with Gasteiger partial charge < -0.3 is 14.8 Å². The summed E-state index contributed by atoms with van der Waals surface area (Å²) in [6.07, 6.45) is 0.864. The van der Waals surface area contributed by atoms with Crippen LogP contribution in [0, 0.1) is 0 Å². The average molecular weight is 309 g/mol. The Kier molecular flexibility index (Phi) is 5.71. The lowest BCUT2D eigenvalue weighted by molar-refractivity contribution is 0.185. The number of hydrogen-bond acceptors (Lipinski definition) is 6. The third-order valence-corrected chi connectivity index (χ3v) is 2.76. The van der Waals surface area contributed by atoms with Crippen LogP contribution in [0.4, 0.5) is 11.6 Å². The summed E-state index contributed by atoms with van der Waals surface area (Å²) in [6.45, 7) is 3.02. The number of para-hydroxylation sites is 1. The largest absolute Gasteiger partial charge is 0.463 e. The van der Waals surface area contributed by atoms with Crippen LogP contribution in [0.2, 0.25) is 5.28 Å². The van der Waals surface area contributed by atoms with Gasteiger partial charge in [-0.25, -0.2) is 0 Å². The maximum atomic E-state index is 5.89. The van der Waals surface area contributed by atoms with Crippen LogP contribution in [-0.2, 0) is 11.3 Å². The van der Waals surface area contributed by atoms with Crippen molar-refractivity contribution in [2.24, 2.45) is 0 Å². The molecule has 0 saturated heterocycles. The Labute approximate surface area is 128 Å². The molecule has 0 unspecified atom stereocenters. The first-order valence-electron chi connectivity index (χ1n) is 6.61. The lowest BCUT2D eigenvalue weighted by atomic mass is 10.2. The number of aromatic nitrogens is 3. The number of hydrogen-bond donors (Lipinski definition) is 1. The van der Waals surface area contributed by atoms with E-state index < -0.39 is 0 Å². The molecule has 0 aliphatic carbocycles. The summed E-state index contributed by atoms with van der Waals surface area (Å²) in [6, 6.07) is 7.94. The van der Waals surface area contributed by atoms with E-state index in [1.165, 1.54) is 0 Å². The van der Waals surface area contributed by atoms with Crippen LogP contribution >= 0.6 is 11.6 Å². The van der Waals surface area contributed by atoms with Crippen molar-refractivity contribution < 1.29 is 9.47 Å². The first-order chi connectivity index (χ1) is 10.2. The summed E-state index contributed by atoms with van der Waals surface area (Å²) in [5, 5.41) is 3.19. The predicted octanol–water partition coefficient (Wildman–Crippen LogP) is 3.20. The lowest BCUT2D eigenvalue weighted by Gasteiger charge is -2.11. The highest BCUT2D eigenvalue weighted by molar-refractivity contribution is 6.28. The highest BCUT2D eigenvalue weighted by atomic mass is 35.5. The van der Waals surface area contributed by atoms with Gasteiger partial charge >= 0.3 is 6.01 Å². The molecule has 2 rings (SSSR count). The van der Waals surface area contributed by atoms with Crippen molar-refractivity contribution in [3.8, 4) is 6.01 Å². The highest BCUT2D eigenvalue weighted by Gasteiger charge is 2.08. The first kappa shape index (κ1) is 15.5. The molecule has 112 valence electrons. The second-order valence-corrected chi connectivity index (χ2v) is 4.61. The summed E-state index contributed by atoms with van der Waals surface area (Å²) in [5.74, 6) is 0.338. The van der Waals surface area contributed by atoms with Crippen LogP contribution in [0.15, 0.2) is 24.3 Å². The van der Waals surface area contributed by atoms with Crippen LogP contribution in [-0.4, -0.2) is 28.7 Å². The van der Waals surface area contributed by atoms with Gasteiger partial charge in [-0.3, -0.25) is 0 Å². The van der Waals surface area contributed by atoms with E-state index in [-0.39, 0.29) is 11.3 Å². The zero-order chi connectivity index (χ0) is 15.1. The summed E-state index contributed by atoms with van der Waals surface area (Å²) in [5.41, 5.74) is 1.84. The van der Waals surface area contributed by atoms with Crippen LogP contribution in [0.25, 0.3) is 0 Å². The number of methoxy groups -OCH3 is 1. The number of benzene rings is 1. The van der Waals surface area contributed by atoms with E-state index in [2.05, 4.69) is 20.3 Å². The van der Waals surface area contributed by atoms with Gasteiger partial charge in [0.05, 0.1) is 13.2 Å². The summed E-state index contributed by atoms with van der Waals surface area (Å²) in [4.78, 5) is 12.2. The van der Waals surface area contributed by atoms with Crippen LogP contribution in [0.3, 0.4) is 0 Å². The number of halogens is 1. The lowest BCUT2D eigenvalue weighted by Crippen LogP contribution is -2.06. The number of nitrogens with one attached hydrogen (secondary N) is 1. The molecule has 0 saturated carbocycles. The molecule has 0 radical (unpaired) electrons. The molecular formula is C14H17ClN4O2. The first-order valence-corrected chi connectivity index (χ1v) is 6.99. The molecule has 0 atom stereocenters. The summed E-state index contributed by atoms with van der Waals surface area (Å²) >= 11 is 5.89. The van der Waals surface area contributed by atoms with Gasteiger partial charge in [0.25, 0.3) is 0 Å².